The lowest BCUT2D eigenvalue weighted by Gasteiger charge is -1.96. The Morgan fingerprint density at radius 1 is 1.17 bits per heavy atom. The van der Waals surface area contributed by atoms with Gasteiger partial charge in [0.1, 0.15) is 5.52 Å². The van der Waals surface area contributed by atoms with Gasteiger partial charge in [-0.15, -0.1) is 0 Å². The lowest BCUT2D eigenvalue weighted by Crippen LogP contribution is -1.97. The summed E-state index contributed by atoms with van der Waals surface area (Å²) in [6.45, 7) is 0. The van der Waals surface area contributed by atoms with Crippen LogP contribution in [0.5, 0.6) is 0 Å². The van der Waals surface area contributed by atoms with Gasteiger partial charge in [-0.25, -0.2) is 9.97 Å². The lowest BCUT2D eigenvalue weighted by atomic mass is 10.5. The highest BCUT2D eigenvalue weighted by Gasteiger charge is 2.04. The number of hydrogen-bond donors (Lipinski definition) is 1. The third-order valence-corrected chi connectivity index (χ3v) is 1.57. The van der Waals surface area contributed by atoms with Crippen molar-refractivity contribution in [2.24, 2.45) is 0 Å². The first-order valence-electron chi connectivity index (χ1n) is 3.17. The molecule has 60 valence electrons. The molecule has 2 aromatic rings. The van der Waals surface area contributed by atoms with Crippen LogP contribution in [0.15, 0.2) is 12.4 Å². The molecule has 0 saturated carbocycles. The molecule has 0 aliphatic heterocycles. The molecular formula is C6H4ClN5. The second-order valence-corrected chi connectivity index (χ2v) is 2.46. The highest BCUT2D eigenvalue weighted by Crippen LogP contribution is 2.15. The number of rotatable bonds is 0. The molecule has 6 heteroatoms. The van der Waals surface area contributed by atoms with Crippen LogP contribution in [0.4, 0.5) is 5.95 Å². The van der Waals surface area contributed by atoms with Crippen LogP contribution < -0.4 is 5.73 Å². The number of fused-ring (bicyclic) bond motifs is 1. The summed E-state index contributed by atoms with van der Waals surface area (Å²) in [6.07, 6.45) is 3.04. The average molecular weight is 182 g/mol. The van der Waals surface area contributed by atoms with Crippen molar-refractivity contribution >= 4 is 28.7 Å². The van der Waals surface area contributed by atoms with Crippen molar-refractivity contribution in [1.82, 2.24) is 19.9 Å². The van der Waals surface area contributed by atoms with E-state index in [2.05, 4.69) is 19.9 Å². The first kappa shape index (κ1) is 7.17. The van der Waals surface area contributed by atoms with E-state index in [0.29, 0.717) is 11.2 Å². The zero-order valence-corrected chi connectivity index (χ0v) is 6.65. The Morgan fingerprint density at radius 3 is 2.75 bits per heavy atom. The van der Waals surface area contributed by atoms with Gasteiger partial charge < -0.3 is 5.73 Å². The van der Waals surface area contributed by atoms with E-state index in [1.54, 1.807) is 0 Å². The van der Waals surface area contributed by atoms with E-state index < -0.39 is 0 Å². The minimum atomic E-state index is 0.105. The predicted molar refractivity (Wildman–Crippen MR) is 44.6 cm³/mol. The SMILES string of the molecule is Nc1nc(Cl)c2nccnc2n1. The average Bonchev–Trinajstić information content (AvgIpc) is 2.04. The first-order valence-corrected chi connectivity index (χ1v) is 3.55. The zero-order chi connectivity index (χ0) is 8.55. The quantitative estimate of drug-likeness (QED) is 0.604. The molecule has 0 aliphatic carbocycles. The smallest absolute Gasteiger partial charge is 0.223 e. The van der Waals surface area contributed by atoms with Crippen molar-refractivity contribution in [3.8, 4) is 0 Å². The fourth-order valence-electron chi connectivity index (χ4n) is 0.845. The van der Waals surface area contributed by atoms with Crippen LogP contribution in [-0.4, -0.2) is 19.9 Å². The molecule has 0 aliphatic rings. The van der Waals surface area contributed by atoms with Gasteiger partial charge >= 0.3 is 0 Å². The van der Waals surface area contributed by atoms with Crippen LogP contribution in [-0.2, 0) is 0 Å². The summed E-state index contributed by atoms with van der Waals surface area (Å²) in [5.41, 5.74) is 6.23. The number of nitrogens with zero attached hydrogens (tertiary/aromatic N) is 4. The minimum Gasteiger partial charge on any atom is -0.368 e. The highest BCUT2D eigenvalue weighted by atomic mass is 35.5. The number of aromatic nitrogens is 4. The Morgan fingerprint density at radius 2 is 1.92 bits per heavy atom. The van der Waals surface area contributed by atoms with Crippen molar-refractivity contribution < 1.29 is 0 Å². The van der Waals surface area contributed by atoms with Crippen LogP contribution in [0.1, 0.15) is 0 Å². The lowest BCUT2D eigenvalue weighted by molar-refractivity contribution is 1.16. The molecule has 0 fully saturated rings. The number of anilines is 1. The van der Waals surface area contributed by atoms with E-state index in [1.165, 1.54) is 12.4 Å². The summed E-state index contributed by atoms with van der Waals surface area (Å²) < 4.78 is 0. The third-order valence-electron chi connectivity index (χ3n) is 1.31. The molecule has 0 radical (unpaired) electrons. The summed E-state index contributed by atoms with van der Waals surface area (Å²) >= 11 is 5.73. The Hall–Kier alpha value is -1.49. The van der Waals surface area contributed by atoms with E-state index in [4.69, 9.17) is 17.3 Å². The Bertz CT molecular complexity index is 429. The highest BCUT2D eigenvalue weighted by molar-refractivity contribution is 6.33. The van der Waals surface area contributed by atoms with E-state index in [-0.39, 0.29) is 11.1 Å². The number of nitrogen functional groups attached to an aromatic ring is 1. The molecule has 2 aromatic heterocycles. The molecule has 0 unspecified atom stereocenters. The molecule has 5 nitrogen and oxygen atoms in total. The maximum absolute atomic E-state index is 5.73. The van der Waals surface area contributed by atoms with Crippen molar-refractivity contribution in [2.75, 3.05) is 5.73 Å². The molecule has 0 saturated heterocycles. The Labute approximate surface area is 72.6 Å². The summed E-state index contributed by atoms with van der Waals surface area (Å²) in [7, 11) is 0. The maximum Gasteiger partial charge on any atom is 0.223 e. The van der Waals surface area contributed by atoms with Gasteiger partial charge in [0.15, 0.2) is 10.8 Å². The monoisotopic (exact) mass is 181 g/mol. The molecule has 2 N–H and O–H groups in total. The van der Waals surface area contributed by atoms with E-state index in [0.717, 1.165) is 0 Å². The summed E-state index contributed by atoms with van der Waals surface area (Å²) in [5.74, 6) is 0.105. The van der Waals surface area contributed by atoms with Crippen molar-refractivity contribution in [2.45, 2.75) is 0 Å². The minimum absolute atomic E-state index is 0.105. The fraction of sp³-hybridized carbons (Fsp3) is 0. The van der Waals surface area contributed by atoms with Crippen LogP contribution in [0.3, 0.4) is 0 Å². The molecule has 2 heterocycles. The largest absolute Gasteiger partial charge is 0.368 e. The van der Waals surface area contributed by atoms with Crippen LogP contribution in [0.25, 0.3) is 11.2 Å². The van der Waals surface area contributed by atoms with Gasteiger partial charge in [-0.2, -0.15) is 9.97 Å². The third kappa shape index (κ3) is 1.04. The van der Waals surface area contributed by atoms with Crippen molar-refractivity contribution in [3.05, 3.63) is 17.5 Å². The van der Waals surface area contributed by atoms with Crippen molar-refractivity contribution in [3.63, 3.8) is 0 Å². The normalized spacial score (nSPS) is 10.4. The van der Waals surface area contributed by atoms with Gasteiger partial charge in [-0.05, 0) is 0 Å². The predicted octanol–water partition coefficient (Wildman–Crippen LogP) is 0.655. The number of hydrogen-bond acceptors (Lipinski definition) is 5. The standard InChI is InChI=1S/C6H4ClN5/c7-4-3-5(10-2-1-9-3)12-6(8)11-4/h1-2H,(H2,8,10,11,12). The van der Waals surface area contributed by atoms with Gasteiger partial charge in [-0.1, -0.05) is 11.6 Å². The Kier molecular flexibility index (Phi) is 1.51. The second kappa shape index (κ2) is 2.53. The fourth-order valence-corrected chi connectivity index (χ4v) is 1.06. The van der Waals surface area contributed by atoms with Gasteiger partial charge in [0, 0.05) is 12.4 Å². The van der Waals surface area contributed by atoms with Gasteiger partial charge in [0.25, 0.3) is 0 Å². The maximum atomic E-state index is 5.73. The summed E-state index contributed by atoms with van der Waals surface area (Å²) in [5, 5.41) is 0.227. The number of nitrogens with two attached hydrogens (primary N) is 1. The van der Waals surface area contributed by atoms with Crippen LogP contribution >= 0.6 is 11.6 Å². The van der Waals surface area contributed by atoms with Gasteiger partial charge in [-0.3, -0.25) is 0 Å². The second-order valence-electron chi connectivity index (χ2n) is 2.10. The van der Waals surface area contributed by atoms with E-state index in [9.17, 15) is 0 Å². The van der Waals surface area contributed by atoms with Gasteiger partial charge in [0.05, 0.1) is 0 Å². The summed E-state index contributed by atoms with van der Waals surface area (Å²) in [6, 6.07) is 0. The first-order chi connectivity index (χ1) is 5.77. The Balaban J connectivity index is 2.89. The molecule has 0 spiro atoms. The van der Waals surface area contributed by atoms with Crippen molar-refractivity contribution in [1.29, 1.82) is 0 Å². The molecular weight excluding hydrogens is 178 g/mol. The molecule has 0 amide bonds. The zero-order valence-electron chi connectivity index (χ0n) is 5.90. The molecule has 12 heavy (non-hydrogen) atoms. The molecule has 0 bridgehead atoms. The van der Waals surface area contributed by atoms with Gasteiger partial charge in [0.2, 0.25) is 5.95 Å². The van der Waals surface area contributed by atoms with Crippen LogP contribution in [0, 0.1) is 0 Å². The summed E-state index contributed by atoms with van der Waals surface area (Å²) in [4.78, 5) is 15.4. The van der Waals surface area contributed by atoms with Crippen LogP contribution in [0.2, 0.25) is 5.15 Å². The van der Waals surface area contributed by atoms with E-state index in [1.807, 2.05) is 0 Å². The van der Waals surface area contributed by atoms with E-state index >= 15 is 0 Å². The molecule has 0 aromatic carbocycles. The topological polar surface area (TPSA) is 77.6 Å². The number of halogens is 1. The molecule has 0 atom stereocenters. The molecule has 2 rings (SSSR count).